The Morgan fingerprint density at radius 3 is 2.80 bits per heavy atom. The monoisotopic (exact) mass is 137 g/mol. The lowest BCUT2D eigenvalue weighted by Gasteiger charge is -2.56. The number of rotatable bonds is 0. The van der Waals surface area contributed by atoms with Gasteiger partial charge in [-0.25, -0.2) is 0 Å². The number of hydrogen-bond donors (Lipinski definition) is 0. The van der Waals surface area contributed by atoms with Crippen molar-refractivity contribution in [2.75, 3.05) is 0 Å². The van der Waals surface area contributed by atoms with E-state index >= 15 is 0 Å². The van der Waals surface area contributed by atoms with Crippen LogP contribution in [0.5, 0.6) is 0 Å². The fourth-order valence-electron chi connectivity index (χ4n) is 2.44. The summed E-state index contributed by atoms with van der Waals surface area (Å²) >= 11 is 0. The molecule has 0 radical (unpaired) electrons. The maximum Gasteiger partial charge on any atom is 0.0313 e. The first-order chi connectivity index (χ1) is 5.03. The molecule has 3 atom stereocenters. The Morgan fingerprint density at radius 2 is 2.40 bits per heavy atom. The molecule has 0 heterocycles. The van der Waals surface area contributed by atoms with Gasteiger partial charge in [-0.2, -0.15) is 0 Å². The molecule has 0 aromatic rings. The molecular weight excluding hydrogens is 120 g/mol. The quantitative estimate of drug-likeness (QED) is 0.450. The molecule has 0 aliphatic heterocycles. The van der Waals surface area contributed by atoms with Crippen LogP contribution in [0.25, 0.3) is 0 Å². The van der Waals surface area contributed by atoms with Gasteiger partial charge >= 0.3 is 0 Å². The van der Waals surface area contributed by atoms with Crippen LogP contribution in [0.4, 0.5) is 0 Å². The second-order valence-electron chi connectivity index (χ2n) is 4.32. The first kappa shape index (κ1) is 5.40. The summed E-state index contributed by atoms with van der Waals surface area (Å²) in [7, 11) is 0. The van der Waals surface area contributed by atoms with E-state index < -0.39 is 0 Å². The lowest BCUT2D eigenvalue weighted by molar-refractivity contribution is -0.00579. The Morgan fingerprint density at radius 1 is 1.70 bits per heavy atom. The van der Waals surface area contributed by atoms with Crippen molar-refractivity contribution in [1.82, 2.24) is 0 Å². The van der Waals surface area contributed by atoms with Crippen molar-refractivity contribution in [3.63, 3.8) is 0 Å². The number of fused-ring (bicyclic) bond motifs is 1. The van der Waals surface area contributed by atoms with Crippen molar-refractivity contribution in [2.45, 2.75) is 33.6 Å². The van der Waals surface area contributed by atoms with E-state index in [1.807, 2.05) is 0 Å². The summed E-state index contributed by atoms with van der Waals surface area (Å²) < 4.78 is 7.83. The predicted molar refractivity (Wildman–Crippen MR) is 43.8 cm³/mol. The molecule has 3 rings (SSSR count). The minimum atomic E-state index is 0.0787. The molecular formula is C10H16. The summed E-state index contributed by atoms with van der Waals surface area (Å²) in [4.78, 5) is 0. The normalized spacial score (nSPS) is 50.9. The third-order valence-electron chi connectivity index (χ3n) is 3.48. The second kappa shape index (κ2) is 1.66. The molecule has 3 unspecified atom stereocenters. The van der Waals surface area contributed by atoms with E-state index in [9.17, 15) is 0 Å². The van der Waals surface area contributed by atoms with Gasteiger partial charge in [-0.1, -0.05) is 25.5 Å². The Labute approximate surface area is 64.7 Å². The van der Waals surface area contributed by atoms with Gasteiger partial charge in [0.15, 0.2) is 0 Å². The highest BCUT2D eigenvalue weighted by atomic mass is 14.5. The zero-order valence-electron chi connectivity index (χ0n) is 8.02. The molecule has 0 nitrogen and oxygen atoms in total. The molecule has 0 heteroatoms. The van der Waals surface area contributed by atoms with E-state index in [4.69, 9.17) is 1.37 Å². The van der Waals surface area contributed by atoms with Gasteiger partial charge in [0.05, 0.1) is 0 Å². The molecule has 3 aliphatic rings. The second-order valence-corrected chi connectivity index (χ2v) is 4.32. The van der Waals surface area contributed by atoms with Gasteiger partial charge in [-0.05, 0) is 37.0 Å². The largest absolute Gasteiger partial charge is 0.0850 e. The minimum absolute atomic E-state index is 0.0787. The van der Waals surface area contributed by atoms with Crippen LogP contribution in [0.2, 0.25) is 0 Å². The van der Waals surface area contributed by atoms with Crippen molar-refractivity contribution in [3.8, 4) is 0 Å². The third-order valence-corrected chi connectivity index (χ3v) is 3.48. The molecule has 3 aliphatic carbocycles. The van der Waals surface area contributed by atoms with Gasteiger partial charge in [0.2, 0.25) is 0 Å². The summed E-state index contributed by atoms with van der Waals surface area (Å²) in [6, 6.07) is 0. The van der Waals surface area contributed by atoms with E-state index in [1.165, 1.54) is 12.0 Å². The SMILES string of the molecule is [2H]C1C=C(C)C2CC1C2(C)C. The highest BCUT2D eigenvalue weighted by Crippen LogP contribution is 2.58. The van der Waals surface area contributed by atoms with Gasteiger partial charge in [0.1, 0.15) is 0 Å². The molecule has 0 saturated heterocycles. The van der Waals surface area contributed by atoms with Crippen molar-refractivity contribution in [1.29, 1.82) is 0 Å². The fourth-order valence-corrected chi connectivity index (χ4v) is 2.44. The maximum atomic E-state index is 7.83. The lowest BCUT2D eigenvalue weighted by Crippen LogP contribution is -2.47. The Balaban J connectivity index is 2.34. The van der Waals surface area contributed by atoms with Crippen LogP contribution in [-0.4, -0.2) is 0 Å². The van der Waals surface area contributed by atoms with E-state index in [0.717, 1.165) is 5.92 Å². The van der Waals surface area contributed by atoms with E-state index in [1.54, 1.807) is 0 Å². The summed E-state index contributed by atoms with van der Waals surface area (Å²) in [5.41, 5.74) is 1.88. The predicted octanol–water partition coefficient (Wildman–Crippen LogP) is 3.00. The highest BCUT2D eigenvalue weighted by Gasteiger charge is 2.49. The van der Waals surface area contributed by atoms with E-state index in [2.05, 4.69) is 26.8 Å². The van der Waals surface area contributed by atoms with Gasteiger partial charge in [-0.3, -0.25) is 0 Å². The van der Waals surface area contributed by atoms with Gasteiger partial charge in [-0.15, -0.1) is 0 Å². The smallest absolute Gasteiger partial charge is 0.0313 e. The van der Waals surface area contributed by atoms with Crippen LogP contribution in [0.1, 0.15) is 35.0 Å². The highest BCUT2D eigenvalue weighted by molar-refractivity contribution is 5.21. The van der Waals surface area contributed by atoms with Crippen molar-refractivity contribution < 1.29 is 1.37 Å². The van der Waals surface area contributed by atoms with Gasteiger partial charge < -0.3 is 0 Å². The third kappa shape index (κ3) is 0.574. The number of allylic oxidation sites excluding steroid dienone is 2. The van der Waals surface area contributed by atoms with Crippen LogP contribution in [0.3, 0.4) is 0 Å². The van der Waals surface area contributed by atoms with Gasteiger partial charge in [0.25, 0.3) is 0 Å². The Bertz CT molecular complexity index is 215. The molecule has 0 amide bonds. The van der Waals surface area contributed by atoms with Crippen LogP contribution in [-0.2, 0) is 0 Å². The zero-order valence-corrected chi connectivity index (χ0v) is 7.02. The average Bonchev–Trinajstić information content (AvgIpc) is 1.84. The van der Waals surface area contributed by atoms with Crippen LogP contribution in [0, 0.1) is 17.3 Å². The van der Waals surface area contributed by atoms with E-state index in [0.29, 0.717) is 11.3 Å². The summed E-state index contributed by atoms with van der Waals surface area (Å²) in [5, 5.41) is 0. The average molecular weight is 137 g/mol. The molecule has 56 valence electrons. The van der Waals surface area contributed by atoms with Crippen molar-refractivity contribution >= 4 is 0 Å². The van der Waals surface area contributed by atoms with Crippen molar-refractivity contribution in [3.05, 3.63) is 11.6 Å². The van der Waals surface area contributed by atoms with Crippen molar-refractivity contribution in [2.24, 2.45) is 17.3 Å². The fraction of sp³-hybridized carbons (Fsp3) is 0.800. The van der Waals surface area contributed by atoms with Gasteiger partial charge in [0, 0.05) is 1.37 Å². The Hall–Kier alpha value is -0.260. The van der Waals surface area contributed by atoms with Crippen LogP contribution in [0.15, 0.2) is 11.6 Å². The molecule has 0 N–H and O–H groups in total. The molecule has 0 spiro atoms. The van der Waals surface area contributed by atoms with Crippen LogP contribution >= 0.6 is 0 Å². The summed E-state index contributed by atoms with van der Waals surface area (Å²) in [6.45, 7) is 6.80. The summed E-state index contributed by atoms with van der Waals surface area (Å²) in [5.74, 6) is 1.42. The molecule has 10 heavy (non-hydrogen) atoms. The van der Waals surface area contributed by atoms with Crippen LogP contribution < -0.4 is 0 Å². The van der Waals surface area contributed by atoms with E-state index in [-0.39, 0.29) is 6.40 Å². The standard InChI is InChI=1S/C10H16/c1-7-4-5-8-6-9(7)10(8,2)3/h4,8-9H,5-6H2,1-3H3/i5D. The lowest BCUT2D eigenvalue weighted by atomic mass is 9.49. The zero-order chi connectivity index (χ0) is 8.22. The first-order valence-corrected chi connectivity index (χ1v) is 4.14. The topological polar surface area (TPSA) is 0 Å². The molecule has 2 bridgehead atoms. The maximum absolute atomic E-state index is 7.83. The molecule has 1 fully saturated rings. The molecule has 1 saturated carbocycles. The first-order valence-electron chi connectivity index (χ1n) is 4.72. The number of hydrogen-bond acceptors (Lipinski definition) is 0. The molecule has 0 aromatic heterocycles. The minimum Gasteiger partial charge on any atom is -0.0850 e. The molecule has 0 aromatic carbocycles. The summed E-state index contributed by atoms with van der Waals surface area (Å²) in [6.07, 6.45) is 3.49. The Kier molecular flexibility index (Phi) is 0.898.